The molecule has 0 aliphatic carbocycles. The minimum absolute atomic E-state index is 0.0426. The zero-order valence-corrected chi connectivity index (χ0v) is 12.9. The van der Waals surface area contributed by atoms with Gasteiger partial charge in [0.05, 0.1) is 5.56 Å². The molecule has 3 nitrogen and oxygen atoms in total. The fraction of sp³-hybridized carbons (Fsp3) is 0. The van der Waals surface area contributed by atoms with Gasteiger partial charge in [0.25, 0.3) is 5.91 Å². The summed E-state index contributed by atoms with van der Waals surface area (Å²) in [4.78, 5) is 12.0. The number of benzene rings is 2. The van der Waals surface area contributed by atoms with Crippen LogP contribution in [0.1, 0.15) is 15.9 Å². The van der Waals surface area contributed by atoms with E-state index in [0.29, 0.717) is 10.2 Å². The van der Waals surface area contributed by atoms with Crippen molar-refractivity contribution < 1.29 is 13.6 Å². The number of hydrogen-bond acceptors (Lipinski definition) is 2. The van der Waals surface area contributed by atoms with Crippen LogP contribution in [0, 0.1) is 11.6 Å². The summed E-state index contributed by atoms with van der Waals surface area (Å²) < 4.78 is 26.8. The molecule has 0 radical (unpaired) electrons. The van der Waals surface area contributed by atoms with Crippen LogP contribution in [-0.4, -0.2) is 10.9 Å². The molecule has 0 unspecified atom stereocenters. The number of carbonyl (C=O) groups is 1. The van der Waals surface area contributed by atoms with E-state index in [-0.39, 0.29) is 16.1 Å². The standard InChI is InChI=1S/C14H9BrF2N2OS/c15-11-5-7(16)1-3-9(11)14(20)19-8-2-4-12(17)10(6-8)13(18)21/h1-6H,(H2,18,21)(H,19,20). The van der Waals surface area contributed by atoms with Crippen molar-refractivity contribution in [3.63, 3.8) is 0 Å². The van der Waals surface area contributed by atoms with Gasteiger partial charge in [0.1, 0.15) is 16.6 Å². The molecule has 108 valence electrons. The topological polar surface area (TPSA) is 55.1 Å². The fourth-order valence-electron chi connectivity index (χ4n) is 1.66. The Morgan fingerprint density at radius 2 is 1.86 bits per heavy atom. The number of anilines is 1. The predicted octanol–water partition coefficient (Wildman–Crippen LogP) is 3.61. The van der Waals surface area contributed by atoms with Crippen molar-refractivity contribution in [3.8, 4) is 0 Å². The van der Waals surface area contributed by atoms with Crippen molar-refractivity contribution in [1.82, 2.24) is 0 Å². The van der Waals surface area contributed by atoms with E-state index in [1.807, 2.05) is 0 Å². The summed E-state index contributed by atoms with van der Waals surface area (Å²) in [6.45, 7) is 0. The van der Waals surface area contributed by atoms with Gasteiger partial charge in [-0.2, -0.15) is 0 Å². The minimum Gasteiger partial charge on any atom is -0.389 e. The normalized spacial score (nSPS) is 10.2. The van der Waals surface area contributed by atoms with Gasteiger partial charge < -0.3 is 11.1 Å². The van der Waals surface area contributed by atoms with Crippen LogP contribution in [0.3, 0.4) is 0 Å². The summed E-state index contributed by atoms with van der Waals surface area (Å²) >= 11 is 7.84. The van der Waals surface area contributed by atoms with E-state index in [1.54, 1.807) is 0 Å². The first-order chi connectivity index (χ1) is 9.88. The third-order valence-corrected chi connectivity index (χ3v) is 3.54. The number of nitrogens with one attached hydrogen (secondary N) is 1. The second-order valence-corrected chi connectivity index (χ2v) is 5.43. The van der Waals surface area contributed by atoms with Gasteiger partial charge in [0, 0.05) is 15.7 Å². The molecule has 0 saturated heterocycles. The Hall–Kier alpha value is -1.86. The first kappa shape index (κ1) is 15.5. The average molecular weight is 371 g/mol. The molecule has 2 aromatic carbocycles. The molecule has 2 aromatic rings. The van der Waals surface area contributed by atoms with E-state index < -0.39 is 17.5 Å². The zero-order chi connectivity index (χ0) is 15.6. The summed E-state index contributed by atoms with van der Waals surface area (Å²) in [5.74, 6) is -1.50. The highest BCUT2D eigenvalue weighted by atomic mass is 79.9. The molecule has 0 aliphatic rings. The van der Waals surface area contributed by atoms with Crippen LogP contribution in [0.5, 0.6) is 0 Å². The first-order valence-electron chi connectivity index (χ1n) is 5.74. The number of halogens is 3. The van der Waals surface area contributed by atoms with E-state index in [1.165, 1.54) is 30.3 Å². The summed E-state index contributed by atoms with van der Waals surface area (Å²) in [5, 5.41) is 2.57. The molecule has 21 heavy (non-hydrogen) atoms. The molecule has 0 fully saturated rings. The second kappa shape index (κ2) is 6.28. The van der Waals surface area contributed by atoms with Gasteiger partial charge in [-0.15, -0.1) is 0 Å². The molecule has 0 bridgehead atoms. The lowest BCUT2D eigenvalue weighted by Crippen LogP contribution is -2.15. The summed E-state index contributed by atoms with van der Waals surface area (Å²) in [6, 6.07) is 7.57. The smallest absolute Gasteiger partial charge is 0.256 e. The quantitative estimate of drug-likeness (QED) is 0.811. The molecule has 7 heteroatoms. The van der Waals surface area contributed by atoms with Crippen LogP contribution >= 0.6 is 28.1 Å². The number of hydrogen-bond donors (Lipinski definition) is 2. The highest BCUT2D eigenvalue weighted by Crippen LogP contribution is 2.21. The van der Waals surface area contributed by atoms with Crippen molar-refractivity contribution in [2.45, 2.75) is 0 Å². The van der Waals surface area contributed by atoms with Crippen LogP contribution in [-0.2, 0) is 0 Å². The third kappa shape index (κ3) is 3.62. The maximum absolute atomic E-state index is 13.5. The summed E-state index contributed by atoms with van der Waals surface area (Å²) in [5.41, 5.74) is 6.02. The molecule has 0 aromatic heterocycles. The predicted molar refractivity (Wildman–Crippen MR) is 84.3 cm³/mol. The van der Waals surface area contributed by atoms with Crippen molar-refractivity contribution in [2.75, 3.05) is 5.32 Å². The molecule has 0 atom stereocenters. The number of nitrogens with two attached hydrogens (primary N) is 1. The van der Waals surface area contributed by atoms with Gasteiger partial charge in [0.2, 0.25) is 0 Å². The van der Waals surface area contributed by atoms with Crippen molar-refractivity contribution >= 4 is 44.7 Å². The first-order valence-corrected chi connectivity index (χ1v) is 6.94. The Balaban J connectivity index is 2.27. The number of rotatable bonds is 3. The molecular weight excluding hydrogens is 362 g/mol. The van der Waals surface area contributed by atoms with Gasteiger partial charge in [-0.25, -0.2) is 8.78 Å². The van der Waals surface area contributed by atoms with Crippen molar-refractivity contribution in [3.05, 3.63) is 63.6 Å². The van der Waals surface area contributed by atoms with Gasteiger partial charge in [0.15, 0.2) is 0 Å². The number of amides is 1. The monoisotopic (exact) mass is 370 g/mol. The molecular formula is C14H9BrF2N2OS. The van der Waals surface area contributed by atoms with Crippen molar-refractivity contribution in [1.29, 1.82) is 0 Å². The Labute approximate surface area is 133 Å². The van der Waals surface area contributed by atoms with Gasteiger partial charge in [-0.1, -0.05) is 12.2 Å². The third-order valence-electron chi connectivity index (χ3n) is 2.67. The Bertz CT molecular complexity index is 737. The lowest BCUT2D eigenvalue weighted by molar-refractivity contribution is 0.102. The molecule has 0 aliphatic heterocycles. The maximum Gasteiger partial charge on any atom is 0.256 e. The van der Waals surface area contributed by atoms with Crippen LogP contribution < -0.4 is 11.1 Å². The second-order valence-electron chi connectivity index (χ2n) is 4.14. The average Bonchev–Trinajstić information content (AvgIpc) is 2.40. The van der Waals surface area contributed by atoms with Crippen LogP contribution in [0.25, 0.3) is 0 Å². The number of thiocarbonyl (C=S) groups is 1. The highest BCUT2D eigenvalue weighted by Gasteiger charge is 2.13. The van der Waals surface area contributed by atoms with Gasteiger partial charge in [-0.05, 0) is 52.3 Å². The van der Waals surface area contributed by atoms with Crippen LogP contribution in [0.2, 0.25) is 0 Å². The molecule has 2 rings (SSSR count). The Morgan fingerprint density at radius 3 is 2.48 bits per heavy atom. The summed E-state index contributed by atoms with van der Waals surface area (Å²) in [7, 11) is 0. The molecule has 0 spiro atoms. The summed E-state index contributed by atoms with van der Waals surface area (Å²) in [6.07, 6.45) is 0. The maximum atomic E-state index is 13.5. The van der Waals surface area contributed by atoms with Crippen molar-refractivity contribution in [2.24, 2.45) is 5.73 Å². The lowest BCUT2D eigenvalue weighted by atomic mass is 10.1. The highest BCUT2D eigenvalue weighted by molar-refractivity contribution is 9.10. The lowest BCUT2D eigenvalue weighted by Gasteiger charge is -2.09. The SMILES string of the molecule is NC(=S)c1cc(NC(=O)c2ccc(F)cc2Br)ccc1F. The van der Waals surface area contributed by atoms with E-state index in [9.17, 15) is 13.6 Å². The Morgan fingerprint density at radius 1 is 1.14 bits per heavy atom. The minimum atomic E-state index is -0.566. The number of carbonyl (C=O) groups excluding carboxylic acids is 1. The molecule has 1 amide bonds. The van der Waals surface area contributed by atoms with Crippen LogP contribution in [0.4, 0.5) is 14.5 Å². The van der Waals surface area contributed by atoms with E-state index >= 15 is 0 Å². The molecule has 3 N–H and O–H groups in total. The molecule has 0 saturated carbocycles. The molecule has 0 heterocycles. The van der Waals surface area contributed by atoms with E-state index in [0.717, 1.165) is 6.07 Å². The van der Waals surface area contributed by atoms with Gasteiger partial charge in [-0.3, -0.25) is 4.79 Å². The largest absolute Gasteiger partial charge is 0.389 e. The fourth-order valence-corrected chi connectivity index (χ4v) is 2.35. The van der Waals surface area contributed by atoms with Crippen LogP contribution in [0.15, 0.2) is 40.9 Å². The van der Waals surface area contributed by atoms with E-state index in [4.69, 9.17) is 18.0 Å². The van der Waals surface area contributed by atoms with E-state index in [2.05, 4.69) is 21.2 Å². The Kier molecular flexibility index (Phi) is 4.64. The van der Waals surface area contributed by atoms with Gasteiger partial charge >= 0.3 is 0 Å². The zero-order valence-electron chi connectivity index (χ0n) is 10.5.